The molecule has 4 N–H and O–H groups in total. The van der Waals surface area contributed by atoms with Gasteiger partial charge in [0, 0.05) is 19.5 Å². The van der Waals surface area contributed by atoms with Gasteiger partial charge in [0.15, 0.2) is 5.16 Å². The van der Waals surface area contributed by atoms with E-state index in [0.717, 1.165) is 0 Å². The zero-order valence-corrected chi connectivity index (χ0v) is 10.8. The lowest BCUT2D eigenvalue weighted by Gasteiger charge is -2.05. The summed E-state index contributed by atoms with van der Waals surface area (Å²) in [5.41, 5.74) is 2.22. The fourth-order valence-electron chi connectivity index (χ4n) is 1.27. The number of nitrogens with zero attached hydrogens (tertiary/aromatic N) is 4. The van der Waals surface area contributed by atoms with Crippen LogP contribution in [-0.2, 0) is 13.5 Å². The zero-order chi connectivity index (χ0) is 13.1. The summed E-state index contributed by atoms with van der Waals surface area (Å²) >= 11 is 1.27. The molecule has 0 aliphatic heterocycles. The highest BCUT2D eigenvalue weighted by Gasteiger charge is 2.09. The Kier molecular flexibility index (Phi) is 3.63. The molecule has 2 aromatic heterocycles. The molecular weight excluding hydrogens is 254 g/mol. The van der Waals surface area contributed by atoms with Crippen LogP contribution in [0.25, 0.3) is 0 Å². The Morgan fingerprint density at radius 3 is 2.89 bits per heavy atom. The minimum atomic E-state index is -0.264. The maximum atomic E-state index is 11.2. The molecule has 0 saturated heterocycles. The van der Waals surface area contributed by atoms with Gasteiger partial charge in [0.25, 0.3) is 0 Å². The average molecular weight is 267 g/mol. The lowest BCUT2D eigenvalue weighted by Crippen LogP contribution is -2.13. The molecule has 0 amide bonds. The number of aryl methyl sites for hydroxylation is 1. The molecule has 2 heterocycles. The Balaban J connectivity index is 2.33. The first-order valence-corrected chi connectivity index (χ1v) is 6.09. The Bertz CT molecular complexity index is 583. The smallest absolute Gasteiger partial charge is 0.308 e. The molecule has 8 nitrogen and oxygen atoms in total. The Morgan fingerprint density at radius 2 is 2.33 bits per heavy atom. The highest BCUT2D eigenvalue weighted by atomic mass is 32.2. The first-order chi connectivity index (χ1) is 8.63. The second-order valence-electron chi connectivity index (χ2n) is 3.48. The molecule has 0 bridgehead atoms. The van der Waals surface area contributed by atoms with Gasteiger partial charge in [-0.25, -0.2) is 25.7 Å². The van der Waals surface area contributed by atoms with Crippen molar-refractivity contribution in [3.8, 4) is 0 Å². The molecule has 0 aliphatic rings. The minimum Gasteiger partial charge on any atom is -0.308 e. The van der Waals surface area contributed by atoms with Gasteiger partial charge in [-0.3, -0.25) is 4.57 Å². The summed E-state index contributed by atoms with van der Waals surface area (Å²) < 4.78 is 1.41. The number of H-pyrrole nitrogens is 1. The van der Waals surface area contributed by atoms with Crippen LogP contribution in [0, 0.1) is 0 Å². The maximum Gasteiger partial charge on any atom is 0.343 e. The summed E-state index contributed by atoms with van der Waals surface area (Å²) in [4.78, 5) is 19.8. The third-order valence-electron chi connectivity index (χ3n) is 2.25. The molecule has 0 aliphatic carbocycles. The van der Waals surface area contributed by atoms with Gasteiger partial charge < -0.3 is 5.43 Å². The highest BCUT2D eigenvalue weighted by molar-refractivity contribution is 7.99. The van der Waals surface area contributed by atoms with Gasteiger partial charge in [-0.05, 0) is 11.8 Å². The van der Waals surface area contributed by atoms with Gasteiger partial charge in [-0.15, -0.1) is 5.10 Å². The average Bonchev–Trinajstić information content (AvgIpc) is 2.70. The number of nitrogen functional groups attached to an aromatic ring is 1. The number of hydrazine groups is 1. The second kappa shape index (κ2) is 5.19. The summed E-state index contributed by atoms with van der Waals surface area (Å²) in [6.45, 7) is 1.95. The van der Waals surface area contributed by atoms with Crippen LogP contribution >= 0.6 is 11.8 Å². The van der Waals surface area contributed by atoms with Crippen molar-refractivity contribution in [1.82, 2.24) is 24.7 Å². The number of aromatic nitrogens is 5. The van der Waals surface area contributed by atoms with Crippen molar-refractivity contribution in [1.29, 1.82) is 0 Å². The van der Waals surface area contributed by atoms with Crippen LogP contribution in [0.3, 0.4) is 0 Å². The van der Waals surface area contributed by atoms with Crippen molar-refractivity contribution in [3.05, 3.63) is 22.4 Å². The van der Waals surface area contributed by atoms with Crippen molar-refractivity contribution in [3.63, 3.8) is 0 Å². The van der Waals surface area contributed by atoms with E-state index in [1.54, 1.807) is 13.1 Å². The lowest BCUT2D eigenvalue weighted by atomic mass is 10.4. The molecular formula is C9H13N7OS. The van der Waals surface area contributed by atoms with Crippen LogP contribution in [0.15, 0.2) is 21.0 Å². The van der Waals surface area contributed by atoms with Crippen molar-refractivity contribution in [2.45, 2.75) is 23.5 Å². The van der Waals surface area contributed by atoms with Crippen LogP contribution < -0.4 is 17.0 Å². The van der Waals surface area contributed by atoms with E-state index in [1.807, 2.05) is 6.92 Å². The number of rotatable bonds is 4. The molecule has 0 spiro atoms. The van der Waals surface area contributed by atoms with Gasteiger partial charge >= 0.3 is 5.69 Å². The molecule has 0 saturated carbocycles. The fourth-order valence-corrected chi connectivity index (χ4v) is 2.09. The van der Waals surface area contributed by atoms with Gasteiger partial charge in [0.2, 0.25) is 0 Å². The van der Waals surface area contributed by atoms with Crippen molar-refractivity contribution in [2.24, 2.45) is 12.9 Å². The first kappa shape index (κ1) is 12.6. The van der Waals surface area contributed by atoms with E-state index in [2.05, 4.69) is 25.6 Å². The summed E-state index contributed by atoms with van der Waals surface area (Å²) in [5.74, 6) is 6.55. The van der Waals surface area contributed by atoms with E-state index < -0.39 is 0 Å². The van der Waals surface area contributed by atoms with Crippen LogP contribution in [0.5, 0.6) is 0 Å². The second-order valence-corrected chi connectivity index (χ2v) is 4.47. The van der Waals surface area contributed by atoms with E-state index in [4.69, 9.17) is 5.84 Å². The van der Waals surface area contributed by atoms with Gasteiger partial charge in [0.05, 0.1) is 0 Å². The number of hydrogen-bond donors (Lipinski definition) is 3. The van der Waals surface area contributed by atoms with Crippen LogP contribution in [0.2, 0.25) is 0 Å². The molecule has 0 unspecified atom stereocenters. The molecule has 18 heavy (non-hydrogen) atoms. The molecule has 9 heteroatoms. The standard InChI is InChI=1S/C9H13N7OS/c1-3-5-11-6(13-10)4-7(12-5)18-9-15-14-8(17)16(9)2/h4H,3,10H2,1-2H3,(H,14,17)(H,11,12,13). The van der Waals surface area contributed by atoms with E-state index in [0.29, 0.717) is 28.2 Å². The molecule has 2 aromatic rings. The van der Waals surface area contributed by atoms with Crippen LogP contribution in [0.4, 0.5) is 5.82 Å². The van der Waals surface area contributed by atoms with E-state index >= 15 is 0 Å². The summed E-state index contributed by atoms with van der Waals surface area (Å²) in [7, 11) is 1.64. The van der Waals surface area contributed by atoms with Crippen LogP contribution in [-0.4, -0.2) is 24.7 Å². The van der Waals surface area contributed by atoms with E-state index in [1.165, 1.54) is 16.3 Å². The van der Waals surface area contributed by atoms with Crippen molar-refractivity contribution in [2.75, 3.05) is 5.43 Å². The topological polar surface area (TPSA) is 115 Å². The van der Waals surface area contributed by atoms with Crippen LogP contribution in [0.1, 0.15) is 12.7 Å². The largest absolute Gasteiger partial charge is 0.343 e. The van der Waals surface area contributed by atoms with Gasteiger partial charge in [0.1, 0.15) is 16.7 Å². The summed E-state index contributed by atoms with van der Waals surface area (Å²) in [6, 6.07) is 1.70. The first-order valence-electron chi connectivity index (χ1n) is 5.28. The van der Waals surface area contributed by atoms with E-state index in [9.17, 15) is 4.79 Å². The number of nitrogens with one attached hydrogen (secondary N) is 2. The highest BCUT2D eigenvalue weighted by Crippen LogP contribution is 2.24. The fraction of sp³-hybridized carbons (Fsp3) is 0.333. The predicted octanol–water partition coefficient (Wildman–Crippen LogP) is -0.102. The predicted molar refractivity (Wildman–Crippen MR) is 67.2 cm³/mol. The Labute approximate surface area is 107 Å². The molecule has 0 fully saturated rings. The van der Waals surface area contributed by atoms with Crippen molar-refractivity contribution >= 4 is 17.6 Å². The molecule has 0 radical (unpaired) electrons. The number of nitrogens with two attached hydrogens (primary N) is 1. The summed E-state index contributed by atoms with van der Waals surface area (Å²) in [5, 5.41) is 7.47. The van der Waals surface area contributed by atoms with E-state index in [-0.39, 0.29) is 5.69 Å². The molecule has 0 atom stereocenters. The maximum absolute atomic E-state index is 11.2. The number of anilines is 1. The quantitative estimate of drug-likeness (QED) is 0.402. The van der Waals surface area contributed by atoms with Gasteiger partial charge in [-0.2, -0.15) is 0 Å². The normalized spacial score (nSPS) is 10.6. The third kappa shape index (κ3) is 2.51. The Morgan fingerprint density at radius 1 is 1.56 bits per heavy atom. The molecule has 96 valence electrons. The number of aromatic amines is 1. The third-order valence-corrected chi connectivity index (χ3v) is 3.21. The lowest BCUT2D eigenvalue weighted by molar-refractivity contribution is 0.763. The summed E-state index contributed by atoms with van der Waals surface area (Å²) in [6.07, 6.45) is 0.697. The SMILES string of the molecule is CCc1nc(NN)cc(Sc2n[nH]c(=O)n2C)n1. The van der Waals surface area contributed by atoms with Gasteiger partial charge in [-0.1, -0.05) is 6.92 Å². The number of hydrogen-bond acceptors (Lipinski definition) is 7. The monoisotopic (exact) mass is 267 g/mol. The minimum absolute atomic E-state index is 0.264. The Hall–Kier alpha value is -1.87. The zero-order valence-electron chi connectivity index (χ0n) is 9.97. The van der Waals surface area contributed by atoms with Crippen molar-refractivity contribution < 1.29 is 0 Å². The molecule has 2 rings (SSSR count). The molecule has 0 aromatic carbocycles.